The van der Waals surface area contributed by atoms with E-state index in [0.717, 1.165) is 12.8 Å². The Morgan fingerprint density at radius 2 is 1.53 bits per heavy atom. The number of nitrogens with two attached hydrogens (primary N) is 1. The SMILES string of the molecule is N[C@@]1(Cc2ccccc2)C[C@@H]1c1ccccc1. The number of rotatable bonds is 3. The van der Waals surface area contributed by atoms with Gasteiger partial charge in [0, 0.05) is 11.5 Å². The van der Waals surface area contributed by atoms with Gasteiger partial charge in [-0.3, -0.25) is 0 Å². The molecule has 1 saturated carbocycles. The Kier molecular flexibility index (Phi) is 2.49. The third-order valence-electron chi connectivity index (χ3n) is 3.70. The minimum absolute atomic E-state index is 0.0251. The molecule has 1 aliphatic rings. The van der Waals surface area contributed by atoms with Crippen LogP contribution in [0, 0.1) is 0 Å². The summed E-state index contributed by atoms with van der Waals surface area (Å²) in [6, 6.07) is 21.2. The number of benzene rings is 2. The molecule has 0 radical (unpaired) electrons. The fraction of sp³-hybridized carbons (Fsp3) is 0.250. The van der Waals surface area contributed by atoms with Crippen LogP contribution in [0.4, 0.5) is 0 Å². The Hall–Kier alpha value is -1.60. The summed E-state index contributed by atoms with van der Waals surface area (Å²) in [6.45, 7) is 0. The number of hydrogen-bond acceptors (Lipinski definition) is 1. The first kappa shape index (κ1) is 10.5. The Labute approximate surface area is 102 Å². The van der Waals surface area contributed by atoms with Crippen LogP contribution in [0.25, 0.3) is 0 Å². The molecule has 0 saturated heterocycles. The van der Waals surface area contributed by atoms with E-state index in [-0.39, 0.29) is 5.54 Å². The van der Waals surface area contributed by atoms with Gasteiger partial charge in [0.05, 0.1) is 0 Å². The molecule has 1 heteroatoms. The van der Waals surface area contributed by atoms with Crippen molar-refractivity contribution in [1.29, 1.82) is 0 Å². The number of hydrogen-bond donors (Lipinski definition) is 1. The van der Waals surface area contributed by atoms with E-state index >= 15 is 0 Å². The van der Waals surface area contributed by atoms with E-state index in [1.165, 1.54) is 11.1 Å². The van der Waals surface area contributed by atoms with Crippen molar-refractivity contribution in [3.05, 3.63) is 71.8 Å². The molecule has 3 rings (SSSR count). The molecule has 2 atom stereocenters. The van der Waals surface area contributed by atoms with Crippen LogP contribution in [0.2, 0.25) is 0 Å². The molecule has 1 aliphatic carbocycles. The molecule has 17 heavy (non-hydrogen) atoms. The summed E-state index contributed by atoms with van der Waals surface area (Å²) in [5, 5.41) is 0. The molecule has 2 aromatic carbocycles. The lowest BCUT2D eigenvalue weighted by molar-refractivity contribution is 0.646. The molecule has 0 unspecified atom stereocenters. The molecule has 1 nitrogen and oxygen atoms in total. The van der Waals surface area contributed by atoms with Crippen LogP contribution < -0.4 is 5.73 Å². The minimum atomic E-state index is -0.0251. The van der Waals surface area contributed by atoms with E-state index in [0.29, 0.717) is 5.92 Å². The quantitative estimate of drug-likeness (QED) is 0.850. The van der Waals surface area contributed by atoms with Crippen LogP contribution in [0.1, 0.15) is 23.5 Å². The van der Waals surface area contributed by atoms with Gasteiger partial charge < -0.3 is 5.73 Å². The van der Waals surface area contributed by atoms with Crippen molar-refractivity contribution in [2.24, 2.45) is 5.73 Å². The van der Waals surface area contributed by atoms with Crippen molar-refractivity contribution in [3.63, 3.8) is 0 Å². The molecule has 0 heterocycles. The second kappa shape index (κ2) is 4.01. The van der Waals surface area contributed by atoms with Gasteiger partial charge in [0.15, 0.2) is 0 Å². The van der Waals surface area contributed by atoms with Crippen LogP contribution in [-0.4, -0.2) is 5.54 Å². The Balaban J connectivity index is 1.74. The Bertz CT molecular complexity index is 491. The molecule has 2 aromatic rings. The Morgan fingerprint density at radius 1 is 0.941 bits per heavy atom. The van der Waals surface area contributed by atoms with Gasteiger partial charge in [0.1, 0.15) is 0 Å². The fourth-order valence-electron chi connectivity index (χ4n) is 2.63. The lowest BCUT2D eigenvalue weighted by Gasteiger charge is -2.11. The van der Waals surface area contributed by atoms with Crippen molar-refractivity contribution >= 4 is 0 Å². The predicted molar refractivity (Wildman–Crippen MR) is 70.9 cm³/mol. The summed E-state index contributed by atoms with van der Waals surface area (Å²) in [7, 11) is 0. The van der Waals surface area contributed by atoms with Gasteiger partial charge in [-0.2, -0.15) is 0 Å². The minimum Gasteiger partial charge on any atom is -0.324 e. The van der Waals surface area contributed by atoms with Crippen molar-refractivity contribution < 1.29 is 0 Å². The molecule has 0 amide bonds. The summed E-state index contributed by atoms with van der Waals surface area (Å²) >= 11 is 0. The summed E-state index contributed by atoms with van der Waals surface area (Å²) in [6.07, 6.45) is 2.08. The van der Waals surface area contributed by atoms with Gasteiger partial charge in [-0.15, -0.1) is 0 Å². The topological polar surface area (TPSA) is 26.0 Å². The van der Waals surface area contributed by atoms with Crippen molar-refractivity contribution in [3.8, 4) is 0 Å². The first-order valence-corrected chi connectivity index (χ1v) is 6.16. The van der Waals surface area contributed by atoms with E-state index in [9.17, 15) is 0 Å². The van der Waals surface area contributed by atoms with Gasteiger partial charge in [-0.25, -0.2) is 0 Å². The molecule has 0 spiro atoms. The highest BCUT2D eigenvalue weighted by Gasteiger charge is 2.51. The zero-order valence-corrected chi connectivity index (χ0v) is 9.84. The lowest BCUT2D eigenvalue weighted by Crippen LogP contribution is -2.27. The molecule has 86 valence electrons. The van der Waals surface area contributed by atoms with E-state index in [2.05, 4.69) is 54.6 Å². The molecule has 2 N–H and O–H groups in total. The summed E-state index contributed by atoms with van der Waals surface area (Å²) < 4.78 is 0. The van der Waals surface area contributed by atoms with Crippen LogP contribution in [0.15, 0.2) is 60.7 Å². The average Bonchev–Trinajstić information content (AvgIpc) is 3.03. The van der Waals surface area contributed by atoms with Crippen molar-refractivity contribution in [2.75, 3.05) is 0 Å². The molecular formula is C16H17N. The third-order valence-corrected chi connectivity index (χ3v) is 3.70. The van der Waals surface area contributed by atoms with Gasteiger partial charge in [-0.1, -0.05) is 60.7 Å². The maximum atomic E-state index is 6.45. The van der Waals surface area contributed by atoms with Crippen LogP contribution >= 0.6 is 0 Å². The summed E-state index contributed by atoms with van der Waals surface area (Å²) in [5.74, 6) is 0.531. The summed E-state index contributed by atoms with van der Waals surface area (Å²) in [5.41, 5.74) is 9.15. The maximum Gasteiger partial charge on any atom is 0.0271 e. The molecule has 1 fully saturated rings. The first-order valence-electron chi connectivity index (χ1n) is 6.16. The highest BCUT2D eigenvalue weighted by atomic mass is 14.9. The monoisotopic (exact) mass is 223 g/mol. The highest BCUT2D eigenvalue weighted by Crippen LogP contribution is 2.51. The molecule has 0 aromatic heterocycles. The van der Waals surface area contributed by atoms with Crippen molar-refractivity contribution in [1.82, 2.24) is 0 Å². The average molecular weight is 223 g/mol. The van der Waals surface area contributed by atoms with E-state index < -0.39 is 0 Å². The third kappa shape index (κ3) is 2.11. The Morgan fingerprint density at radius 3 is 2.18 bits per heavy atom. The van der Waals surface area contributed by atoms with Crippen LogP contribution in [0.5, 0.6) is 0 Å². The van der Waals surface area contributed by atoms with Crippen LogP contribution in [0.3, 0.4) is 0 Å². The maximum absolute atomic E-state index is 6.45. The van der Waals surface area contributed by atoms with Gasteiger partial charge >= 0.3 is 0 Å². The smallest absolute Gasteiger partial charge is 0.0271 e. The van der Waals surface area contributed by atoms with Crippen molar-refractivity contribution in [2.45, 2.75) is 24.3 Å². The second-order valence-corrected chi connectivity index (χ2v) is 5.06. The molecule has 0 aliphatic heterocycles. The standard InChI is InChI=1S/C16H17N/c17-16(11-13-7-3-1-4-8-13)12-15(16)14-9-5-2-6-10-14/h1-10,15H,11-12,17H2/t15-,16+/m1/s1. The predicted octanol–water partition coefficient (Wildman–Crippen LogP) is 3.11. The first-order chi connectivity index (χ1) is 8.28. The zero-order chi connectivity index (χ0) is 11.7. The van der Waals surface area contributed by atoms with E-state index in [1.807, 2.05) is 6.07 Å². The van der Waals surface area contributed by atoms with Gasteiger partial charge in [0.25, 0.3) is 0 Å². The molecular weight excluding hydrogens is 206 g/mol. The van der Waals surface area contributed by atoms with Gasteiger partial charge in [-0.05, 0) is 24.0 Å². The van der Waals surface area contributed by atoms with Crippen LogP contribution in [-0.2, 0) is 6.42 Å². The zero-order valence-electron chi connectivity index (χ0n) is 9.84. The van der Waals surface area contributed by atoms with E-state index in [4.69, 9.17) is 5.73 Å². The lowest BCUT2D eigenvalue weighted by atomic mass is 10.00. The molecule has 0 bridgehead atoms. The largest absolute Gasteiger partial charge is 0.324 e. The van der Waals surface area contributed by atoms with E-state index in [1.54, 1.807) is 0 Å². The summed E-state index contributed by atoms with van der Waals surface area (Å²) in [4.78, 5) is 0. The highest BCUT2D eigenvalue weighted by molar-refractivity contribution is 5.35. The fourth-order valence-corrected chi connectivity index (χ4v) is 2.63. The second-order valence-electron chi connectivity index (χ2n) is 5.06. The normalized spacial score (nSPS) is 26.8. The van der Waals surface area contributed by atoms with Gasteiger partial charge in [0.2, 0.25) is 0 Å².